The van der Waals surface area contributed by atoms with Crippen molar-refractivity contribution in [2.75, 3.05) is 11.9 Å². The average molecular weight is 305 g/mol. The number of rotatable bonds is 2. The Morgan fingerprint density at radius 3 is 3.00 bits per heavy atom. The number of carbonyl (C=O) groups is 2. The minimum absolute atomic E-state index is 0.0649. The van der Waals surface area contributed by atoms with E-state index < -0.39 is 11.7 Å². The van der Waals surface area contributed by atoms with Crippen LogP contribution in [0.2, 0.25) is 0 Å². The summed E-state index contributed by atoms with van der Waals surface area (Å²) in [7, 11) is 0. The SMILES string of the molecule is CC1NCCCC1NC(=O)C1CC(=O)Nc2cc(F)ccc21. The molecule has 22 heavy (non-hydrogen) atoms. The molecule has 0 aromatic heterocycles. The number of fused-ring (bicyclic) bond motifs is 1. The summed E-state index contributed by atoms with van der Waals surface area (Å²) >= 11 is 0. The quantitative estimate of drug-likeness (QED) is 0.775. The van der Waals surface area contributed by atoms with Gasteiger partial charge in [-0.05, 0) is 44.0 Å². The predicted octanol–water partition coefficient (Wildman–Crippen LogP) is 1.51. The third-order valence-corrected chi connectivity index (χ3v) is 4.46. The van der Waals surface area contributed by atoms with Gasteiger partial charge in [0.1, 0.15) is 5.82 Å². The lowest BCUT2D eigenvalue weighted by atomic mass is 9.89. The van der Waals surface area contributed by atoms with Crippen LogP contribution in [0.3, 0.4) is 0 Å². The molecule has 0 bridgehead atoms. The number of nitrogens with one attached hydrogen (secondary N) is 3. The van der Waals surface area contributed by atoms with E-state index in [-0.39, 0.29) is 30.3 Å². The molecule has 1 saturated heterocycles. The first-order chi connectivity index (χ1) is 10.5. The molecule has 3 rings (SSSR count). The maximum Gasteiger partial charge on any atom is 0.228 e. The van der Waals surface area contributed by atoms with Crippen LogP contribution in [0.1, 0.15) is 37.7 Å². The Balaban J connectivity index is 1.79. The molecule has 1 fully saturated rings. The molecule has 0 spiro atoms. The number of anilines is 1. The molecule has 0 aliphatic carbocycles. The number of piperidine rings is 1. The number of hydrogen-bond acceptors (Lipinski definition) is 3. The third-order valence-electron chi connectivity index (χ3n) is 4.46. The summed E-state index contributed by atoms with van der Waals surface area (Å²) in [4.78, 5) is 24.4. The average Bonchev–Trinajstić information content (AvgIpc) is 2.48. The van der Waals surface area contributed by atoms with Crippen molar-refractivity contribution >= 4 is 17.5 Å². The molecule has 1 aromatic rings. The molecule has 0 saturated carbocycles. The molecule has 2 aliphatic heterocycles. The lowest BCUT2D eigenvalue weighted by Gasteiger charge is -2.33. The highest BCUT2D eigenvalue weighted by Gasteiger charge is 2.33. The van der Waals surface area contributed by atoms with E-state index in [9.17, 15) is 14.0 Å². The van der Waals surface area contributed by atoms with E-state index in [1.54, 1.807) is 6.07 Å². The number of halogens is 1. The number of benzene rings is 1. The fourth-order valence-corrected chi connectivity index (χ4v) is 3.20. The van der Waals surface area contributed by atoms with E-state index in [1.807, 2.05) is 6.92 Å². The van der Waals surface area contributed by atoms with E-state index >= 15 is 0 Å². The van der Waals surface area contributed by atoms with Crippen LogP contribution in [-0.4, -0.2) is 30.4 Å². The van der Waals surface area contributed by atoms with Crippen LogP contribution in [0.25, 0.3) is 0 Å². The molecule has 0 radical (unpaired) electrons. The maximum atomic E-state index is 13.3. The first-order valence-electron chi connectivity index (χ1n) is 7.67. The van der Waals surface area contributed by atoms with Crippen molar-refractivity contribution in [3.63, 3.8) is 0 Å². The number of amides is 2. The molecule has 5 nitrogen and oxygen atoms in total. The maximum absolute atomic E-state index is 13.3. The lowest BCUT2D eigenvalue weighted by Crippen LogP contribution is -2.53. The van der Waals surface area contributed by atoms with Gasteiger partial charge in [0.15, 0.2) is 0 Å². The highest BCUT2D eigenvalue weighted by atomic mass is 19.1. The van der Waals surface area contributed by atoms with E-state index in [0.29, 0.717) is 11.3 Å². The molecule has 2 heterocycles. The summed E-state index contributed by atoms with van der Waals surface area (Å²) in [5.74, 6) is -1.40. The second-order valence-electron chi connectivity index (χ2n) is 6.04. The molecule has 3 N–H and O–H groups in total. The van der Waals surface area contributed by atoms with Crippen LogP contribution in [0, 0.1) is 5.82 Å². The minimum Gasteiger partial charge on any atom is -0.351 e. The van der Waals surface area contributed by atoms with Gasteiger partial charge in [0.2, 0.25) is 11.8 Å². The molecular formula is C16H20FN3O2. The van der Waals surface area contributed by atoms with Crippen LogP contribution >= 0.6 is 0 Å². The minimum atomic E-state index is -0.557. The topological polar surface area (TPSA) is 70.2 Å². The first-order valence-corrected chi connectivity index (χ1v) is 7.67. The van der Waals surface area contributed by atoms with Crippen molar-refractivity contribution < 1.29 is 14.0 Å². The smallest absolute Gasteiger partial charge is 0.228 e. The Bertz CT molecular complexity index is 605. The van der Waals surface area contributed by atoms with Gasteiger partial charge in [0, 0.05) is 24.2 Å². The zero-order valence-electron chi connectivity index (χ0n) is 12.5. The molecule has 3 atom stereocenters. The summed E-state index contributed by atoms with van der Waals surface area (Å²) in [6, 6.07) is 4.44. The van der Waals surface area contributed by atoms with Crippen molar-refractivity contribution in [2.45, 2.75) is 44.2 Å². The van der Waals surface area contributed by atoms with Gasteiger partial charge in [-0.15, -0.1) is 0 Å². The summed E-state index contributed by atoms with van der Waals surface area (Å²) in [6.45, 7) is 3.00. The molecule has 3 unspecified atom stereocenters. The summed E-state index contributed by atoms with van der Waals surface area (Å²) in [6.07, 6.45) is 2.04. The van der Waals surface area contributed by atoms with Gasteiger partial charge < -0.3 is 16.0 Å². The molecule has 2 amide bonds. The normalized spacial score (nSPS) is 27.7. The molecule has 2 aliphatic rings. The van der Waals surface area contributed by atoms with Crippen molar-refractivity contribution in [2.24, 2.45) is 0 Å². The van der Waals surface area contributed by atoms with Gasteiger partial charge in [0.25, 0.3) is 0 Å². The summed E-state index contributed by atoms with van der Waals surface area (Å²) < 4.78 is 13.3. The fourth-order valence-electron chi connectivity index (χ4n) is 3.20. The van der Waals surface area contributed by atoms with E-state index in [4.69, 9.17) is 0 Å². The van der Waals surface area contributed by atoms with Crippen LogP contribution in [0.4, 0.5) is 10.1 Å². The fraction of sp³-hybridized carbons (Fsp3) is 0.500. The largest absolute Gasteiger partial charge is 0.351 e. The second-order valence-corrected chi connectivity index (χ2v) is 6.04. The molecular weight excluding hydrogens is 285 g/mol. The van der Waals surface area contributed by atoms with Gasteiger partial charge in [-0.2, -0.15) is 0 Å². The molecule has 6 heteroatoms. The van der Waals surface area contributed by atoms with Gasteiger partial charge in [-0.3, -0.25) is 9.59 Å². The van der Waals surface area contributed by atoms with E-state index in [2.05, 4.69) is 16.0 Å². The van der Waals surface area contributed by atoms with Gasteiger partial charge in [-0.25, -0.2) is 4.39 Å². The van der Waals surface area contributed by atoms with E-state index in [1.165, 1.54) is 12.1 Å². The number of carbonyl (C=O) groups excluding carboxylic acids is 2. The van der Waals surface area contributed by atoms with Crippen LogP contribution in [0.15, 0.2) is 18.2 Å². The van der Waals surface area contributed by atoms with Gasteiger partial charge in [-0.1, -0.05) is 6.07 Å². The van der Waals surface area contributed by atoms with Crippen molar-refractivity contribution in [3.8, 4) is 0 Å². The highest BCUT2D eigenvalue weighted by molar-refractivity contribution is 6.01. The third kappa shape index (κ3) is 2.97. The summed E-state index contributed by atoms with van der Waals surface area (Å²) in [5, 5.41) is 9.00. The Kier molecular flexibility index (Phi) is 4.11. The Morgan fingerprint density at radius 2 is 2.23 bits per heavy atom. The Labute approximate surface area is 128 Å². The van der Waals surface area contributed by atoms with Gasteiger partial charge in [0.05, 0.1) is 5.92 Å². The number of hydrogen-bond donors (Lipinski definition) is 3. The Hall–Kier alpha value is -1.95. The van der Waals surface area contributed by atoms with Gasteiger partial charge >= 0.3 is 0 Å². The predicted molar refractivity (Wildman–Crippen MR) is 81.0 cm³/mol. The van der Waals surface area contributed by atoms with Crippen molar-refractivity contribution in [1.29, 1.82) is 0 Å². The standard InChI is InChI=1S/C16H20FN3O2/c1-9-13(3-2-6-18-9)20-16(22)12-8-15(21)19-14-7-10(17)4-5-11(12)14/h4-5,7,9,12-13,18H,2-3,6,8H2,1H3,(H,19,21)(H,20,22). The lowest BCUT2D eigenvalue weighted by molar-refractivity contribution is -0.127. The van der Waals surface area contributed by atoms with Crippen LogP contribution < -0.4 is 16.0 Å². The summed E-state index contributed by atoms with van der Waals surface area (Å²) in [5.41, 5.74) is 1.07. The second kappa shape index (κ2) is 6.04. The monoisotopic (exact) mass is 305 g/mol. The van der Waals surface area contributed by atoms with E-state index in [0.717, 1.165) is 19.4 Å². The zero-order chi connectivity index (χ0) is 15.7. The first kappa shape index (κ1) is 15.0. The molecule has 1 aromatic carbocycles. The van der Waals surface area contributed by atoms with Crippen molar-refractivity contribution in [3.05, 3.63) is 29.6 Å². The highest BCUT2D eigenvalue weighted by Crippen LogP contribution is 2.33. The molecule has 118 valence electrons. The Morgan fingerprint density at radius 1 is 1.41 bits per heavy atom. The zero-order valence-corrected chi connectivity index (χ0v) is 12.5. The van der Waals surface area contributed by atoms with Crippen LogP contribution in [0.5, 0.6) is 0 Å². The van der Waals surface area contributed by atoms with Crippen molar-refractivity contribution in [1.82, 2.24) is 10.6 Å². The van der Waals surface area contributed by atoms with Crippen LogP contribution in [-0.2, 0) is 9.59 Å².